The highest BCUT2D eigenvalue weighted by molar-refractivity contribution is 5.85. The first-order valence-electron chi connectivity index (χ1n) is 9.16. The number of hydrogen-bond acceptors (Lipinski definition) is 4. The Balaban J connectivity index is 1.53. The van der Waals surface area contributed by atoms with Gasteiger partial charge in [-0.05, 0) is 30.3 Å². The van der Waals surface area contributed by atoms with E-state index in [0.29, 0.717) is 23.4 Å². The minimum atomic E-state index is -0.326. The molecule has 29 heavy (non-hydrogen) atoms. The largest absolute Gasteiger partial charge is 0.497 e. The maximum atomic E-state index is 14.1. The molecule has 0 aliphatic rings. The van der Waals surface area contributed by atoms with Crippen LogP contribution < -0.4 is 15.0 Å². The zero-order valence-corrected chi connectivity index (χ0v) is 15.8. The van der Waals surface area contributed by atoms with Gasteiger partial charge in [-0.15, -0.1) is 0 Å². The van der Waals surface area contributed by atoms with E-state index in [9.17, 15) is 9.18 Å². The van der Waals surface area contributed by atoms with Gasteiger partial charge in [0.15, 0.2) is 0 Å². The van der Waals surface area contributed by atoms with Gasteiger partial charge < -0.3 is 14.0 Å². The lowest BCUT2D eigenvalue weighted by molar-refractivity contribution is 0.299. The summed E-state index contributed by atoms with van der Waals surface area (Å²) in [6.07, 6.45) is 3.32. The number of hydrogen-bond donors (Lipinski definition) is 0. The lowest BCUT2D eigenvalue weighted by Gasteiger charge is -2.12. The molecule has 4 rings (SSSR count). The second-order valence-electron chi connectivity index (χ2n) is 6.47. The van der Waals surface area contributed by atoms with Crippen LogP contribution in [0.15, 0.2) is 77.9 Å². The highest BCUT2D eigenvalue weighted by Crippen LogP contribution is 2.27. The molecule has 4 aromatic rings. The Hall–Kier alpha value is -3.67. The van der Waals surface area contributed by atoms with Gasteiger partial charge in [0.25, 0.3) is 5.56 Å². The van der Waals surface area contributed by atoms with Crippen molar-refractivity contribution < 1.29 is 13.9 Å². The van der Waals surface area contributed by atoms with E-state index in [0.717, 1.165) is 16.7 Å². The molecule has 0 aliphatic heterocycles. The van der Waals surface area contributed by atoms with Gasteiger partial charge in [0, 0.05) is 41.0 Å². The van der Waals surface area contributed by atoms with E-state index in [1.165, 1.54) is 16.7 Å². The van der Waals surface area contributed by atoms with Crippen LogP contribution in [0.2, 0.25) is 0 Å². The Morgan fingerprint density at radius 2 is 1.93 bits per heavy atom. The van der Waals surface area contributed by atoms with Crippen LogP contribution in [0.25, 0.3) is 22.0 Å². The molecule has 0 fully saturated rings. The topological polar surface area (TPSA) is 53.4 Å². The molecule has 0 saturated carbocycles. The van der Waals surface area contributed by atoms with Crippen molar-refractivity contribution >= 4 is 10.9 Å². The van der Waals surface area contributed by atoms with E-state index >= 15 is 0 Å². The Labute approximate surface area is 167 Å². The first-order chi connectivity index (χ1) is 14.2. The summed E-state index contributed by atoms with van der Waals surface area (Å²) in [6.45, 7) is 0.618. The summed E-state index contributed by atoms with van der Waals surface area (Å²) < 4.78 is 26.7. The van der Waals surface area contributed by atoms with Gasteiger partial charge in [-0.2, -0.15) is 0 Å². The predicted octanol–water partition coefficient (Wildman–Crippen LogP) is 4.29. The molecule has 0 saturated heterocycles. The number of fused-ring (bicyclic) bond motifs is 1. The van der Waals surface area contributed by atoms with Crippen LogP contribution in [-0.4, -0.2) is 23.3 Å². The van der Waals surface area contributed by atoms with Crippen molar-refractivity contribution in [1.29, 1.82) is 0 Å². The third-order valence-electron chi connectivity index (χ3n) is 4.67. The standard InChI is InChI=1S/C23H19FN2O3/c1-28-17-7-8-19-21(14-17)25-11-10-22(19)29-13-12-26-15-16(6-9-23(26)27)18-4-2-3-5-20(18)24/h2-11,14-15H,12-13H2,1H3. The Kier molecular flexibility index (Phi) is 5.24. The number of benzene rings is 2. The van der Waals surface area contributed by atoms with E-state index < -0.39 is 0 Å². The molecule has 5 nitrogen and oxygen atoms in total. The van der Waals surface area contributed by atoms with Crippen molar-refractivity contribution in [1.82, 2.24) is 9.55 Å². The van der Waals surface area contributed by atoms with Gasteiger partial charge >= 0.3 is 0 Å². The molecule has 0 bridgehead atoms. The number of methoxy groups -OCH3 is 1. The molecule has 0 N–H and O–H groups in total. The number of nitrogens with zero attached hydrogens (tertiary/aromatic N) is 2. The molecule has 0 amide bonds. The van der Waals surface area contributed by atoms with Crippen LogP contribution >= 0.6 is 0 Å². The van der Waals surface area contributed by atoms with E-state index in [1.54, 1.807) is 49.8 Å². The van der Waals surface area contributed by atoms with Gasteiger partial charge in [0.2, 0.25) is 0 Å². The van der Waals surface area contributed by atoms with Crippen LogP contribution in [0, 0.1) is 5.82 Å². The average Bonchev–Trinajstić information content (AvgIpc) is 2.75. The van der Waals surface area contributed by atoms with Crippen LogP contribution in [-0.2, 0) is 6.54 Å². The smallest absolute Gasteiger partial charge is 0.250 e. The van der Waals surface area contributed by atoms with Crippen LogP contribution in [0.4, 0.5) is 4.39 Å². The summed E-state index contributed by atoms with van der Waals surface area (Å²) in [5.41, 5.74) is 1.69. The van der Waals surface area contributed by atoms with Crippen LogP contribution in [0.5, 0.6) is 11.5 Å². The fraction of sp³-hybridized carbons (Fsp3) is 0.130. The highest BCUT2D eigenvalue weighted by Gasteiger charge is 2.08. The zero-order chi connectivity index (χ0) is 20.2. The van der Waals surface area contributed by atoms with Gasteiger partial charge in [-0.1, -0.05) is 18.2 Å². The maximum Gasteiger partial charge on any atom is 0.250 e. The summed E-state index contributed by atoms with van der Waals surface area (Å²) >= 11 is 0. The van der Waals surface area contributed by atoms with Crippen molar-refractivity contribution in [3.05, 3.63) is 89.2 Å². The third kappa shape index (κ3) is 3.96. The number of pyridine rings is 2. The number of rotatable bonds is 6. The van der Waals surface area contributed by atoms with E-state index in [4.69, 9.17) is 9.47 Å². The Morgan fingerprint density at radius 3 is 2.76 bits per heavy atom. The molecular weight excluding hydrogens is 371 g/mol. The van der Waals surface area contributed by atoms with E-state index in [1.807, 2.05) is 18.2 Å². The van der Waals surface area contributed by atoms with Gasteiger partial charge in [0.1, 0.15) is 23.9 Å². The zero-order valence-electron chi connectivity index (χ0n) is 15.8. The molecule has 146 valence electrons. The predicted molar refractivity (Wildman–Crippen MR) is 110 cm³/mol. The SMILES string of the molecule is COc1ccc2c(OCCn3cc(-c4ccccc4F)ccc3=O)ccnc2c1. The molecule has 6 heteroatoms. The van der Waals surface area contributed by atoms with Crippen LogP contribution in [0.3, 0.4) is 0 Å². The second-order valence-corrected chi connectivity index (χ2v) is 6.47. The van der Waals surface area contributed by atoms with Crippen LogP contribution in [0.1, 0.15) is 0 Å². The maximum absolute atomic E-state index is 14.1. The number of ether oxygens (including phenoxy) is 2. The Bertz CT molecular complexity index is 1220. The second kappa shape index (κ2) is 8.14. The molecular formula is C23H19FN2O3. The minimum absolute atomic E-state index is 0.169. The van der Waals surface area contributed by atoms with E-state index in [-0.39, 0.29) is 18.0 Å². The molecule has 0 unspecified atom stereocenters. The summed E-state index contributed by atoms with van der Waals surface area (Å²) in [7, 11) is 1.61. The number of halogens is 1. The van der Waals surface area contributed by atoms with Crippen molar-refractivity contribution in [3.8, 4) is 22.6 Å². The van der Waals surface area contributed by atoms with Crippen molar-refractivity contribution in [2.45, 2.75) is 6.54 Å². The van der Waals surface area contributed by atoms with Crippen molar-refractivity contribution in [3.63, 3.8) is 0 Å². The van der Waals surface area contributed by atoms with Crippen molar-refractivity contribution in [2.24, 2.45) is 0 Å². The lowest BCUT2D eigenvalue weighted by Crippen LogP contribution is -2.22. The summed E-state index contributed by atoms with van der Waals surface area (Å²) in [5, 5.41) is 0.862. The molecule has 0 atom stereocenters. The Morgan fingerprint density at radius 1 is 1.07 bits per heavy atom. The summed E-state index contributed by atoms with van der Waals surface area (Å²) in [4.78, 5) is 16.5. The van der Waals surface area contributed by atoms with Gasteiger partial charge in [-0.25, -0.2) is 4.39 Å². The molecule has 2 aromatic heterocycles. The highest BCUT2D eigenvalue weighted by atomic mass is 19.1. The molecule has 0 aliphatic carbocycles. The minimum Gasteiger partial charge on any atom is -0.497 e. The monoisotopic (exact) mass is 390 g/mol. The first kappa shape index (κ1) is 18.7. The van der Waals surface area contributed by atoms with Gasteiger partial charge in [-0.3, -0.25) is 9.78 Å². The normalized spacial score (nSPS) is 10.8. The third-order valence-corrected chi connectivity index (χ3v) is 4.67. The molecule has 0 spiro atoms. The first-order valence-corrected chi connectivity index (χ1v) is 9.16. The molecule has 0 radical (unpaired) electrons. The molecule has 2 aromatic carbocycles. The molecule has 2 heterocycles. The van der Waals surface area contributed by atoms with Gasteiger partial charge in [0.05, 0.1) is 19.2 Å². The number of aromatic nitrogens is 2. The average molecular weight is 390 g/mol. The van der Waals surface area contributed by atoms with Crippen molar-refractivity contribution in [2.75, 3.05) is 13.7 Å². The fourth-order valence-corrected chi connectivity index (χ4v) is 3.17. The van der Waals surface area contributed by atoms with E-state index in [2.05, 4.69) is 4.98 Å². The quantitative estimate of drug-likeness (QED) is 0.493. The lowest BCUT2D eigenvalue weighted by atomic mass is 10.1. The summed E-state index contributed by atoms with van der Waals surface area (Å²) in [5.74, 6) is 1.07. The fourth-order valence-electron chi connectivity index (χ4n) is 3.17. The summed E-state index contributed by atoms with van der Waals surface area (Å²) in [6, 6.07) is 16.9.